The molecule has 2 heterocycles. The van der Waals surface area contributed by atoms with Crippen molar-refractivity contribution in [3.63, 3.8) is 0 Å². The molecular formula is C18H25N3. The van der Waals surface area contributed by atoms with Crippen molar-refractivity contribution in [2.45, 2.75) is 38.0 Å². The van der Waals surface area contributed by atoms with Gasteiger partial charge >= 0.3 is 0 Å². The predicted octanol–water partition coefficient (Wildman–Crippen LogP) is 3.57. The number of aromatic nitrogens is 2. The Morgan fingerprint density at radius 1 is 1.05 bits per heavy atom. The zero-order chi connectivity index (χ0) is 14.9. The molecule has 1 aliphatic rings. The summed E-state index contributed by atoms with van der Waals surface area (Å²) in [5.41, 5.74) is 7.29. The van der Waals surface area contributed by atoms with E-state index in [-0.39, 0.29) is 0 Å². The number of aryl methyl sites for hydroxylation is 1. The number of hydrogen-bond acceptors (Lipinski definition) is 3. The molecule has 3 nitrogen and oxygen atoms in total. The van der Waals surface area contributed by atoms with Crippen LogP contribution in [0, 0.1) is 5.92 Å². The van der Waals surface area contributed by atoms with Gasteiger partial charge in [-0.1, -0.05) is 12.1 Å². The zero-order valence-electron chi connectivity index (χ0n) is 12.8. The summed E-state index contributed by atoms with van der Waals surface area (Å²) in [5, 5.41) is 0. The van der Waals surface area contributed by atoms with Crippen LogP contribution in [0.4, 0.5) is 0 Å². The second kappa shape index (κ2) is 8.53. The molecular weight excluding hydrogens is 258 g/mol. The van der Waals surface area contributed by atoms with Crippen molar-refractivity contribution in [2.24, 2.45) is 11.7 Å². The molecule has 1 fully saturated rings. The summed E-state index contributed by atoms with van der Waals surface area (Å²) in [4.78, 5) is 8.41. The van der Waals surface area contributed by atoms with Crippen LogP contribution in [-0.2, 0) is 6.42 Å². The fourth-order valence-corrected chi connectivity index (χ4v) is 3.06. The average molecular weight is 283 g/mol. The van der Waals surface area contributed by atoms with E-state index < -0.39 is 0 Å². The summed E-state index contributed by atoms with van der Waals surface area (Å²) < 4.78 is 0. The number of pyridine rings is 2. The van der Waals surface area contributed by atoms with Crippen molar-refractivity contribution in [3.8, 4) is 0 Å². The lowest BCUT2D eigenvalue weighted by atomic mass is 9.68. The van der Waals surface area contributed by atoms with Crippen LogP contribution in [0.5, 0.6) is 0 Å². The minimum absolute atomic E-state index is 0.752. The molecule has 112 valence electrons. The maximum absolute atomic E-state index is 4.50. The lowest BCUT2D eigenvalue weighted by Crippen LogP contribution is -2.24. The Balaban J connectivity index is 0.000000774. The first-order valence-electron chi connectivity index (χ1n) is 7.80. The van der Waals surface area contributed by atoms with Crippen LogP contribution in [0.1, 0.15) is 42.7 Å². The van der Waals surface area contributed by atoms with E-state index in [0.717, 1.165) is 18.3 Å². The smallest absolute Gasteiger partial charge is 0.0302 e. The summed E-state index contributed by atoms with van der Waals surface area (Å²) in [5.74, 6) is 1.61. The zero-order valence-corrected chi connectivity index (χ0v) is 12.8. The van der Waals surface area contributed by atoms with Gasteiger partial charge in [0.15, 0.2) is 0 Å². The van der Waals surface area contributed by atoms with Crippen molar-refractivity contribution in [2.75, 3.05) is 7.05 Å². The molecule has 0 aromatic carbocycles. The van der Waals surface area contributed by atoms with Crippen LogP contribution in [0.3, 0.4) is 0 Å². The third-order valence-electron chi connectivity index (χ3n) is 4.29. The molecule has 0 amide bonds. The fraction of sp³-hybridized carbons (Fsp3) is 0.444. The largest absolute Gasteiger partial charge is 0.333 e. The Hall–Kier alpha value is -1.74. The predicted molar refractivity (Wildman–Crippen MR) is 87.0 cm³/mol. The van der Waals surface area contributed by atoms with E-state index in [1.165, 1.54) is 43.9 Å². The lowest BCUT2D eigenvalue weighted by molar-refractivity contribution is 0.234. The van der Waals surface area contributed by atoms with E-state index in [2.05, 4.69) is 33.9 Å². The van der Waals surface area contributed by atoms with Crippen LogP contribution < -0.4 is 5.73 Å². The van der Waals surface area contributed by atoms with Gasteiger partial charge in [0.05, 0.1) is 0 Å². The quantitative estimate of drug-likeness (QED) is 0.912. The van der Waals surface area contributed by atoms with Gasteiger partial charge in [-0.25, -0.2) is 0 Å². The van der Waals surface area contributed by atoms with Gasteiger partial charge in [-0.05, 0) is 74.2 Å². The Labute approximate surface area is 127 Å². The first kappa shape index (κ1) is 15.6. The molecule has 2 aromatic heterocycles. The minimum Gasteiger partial charge on any atom is -0.333 e. The maximum Gasteiger partial charge on any atom is 0.0302 e. The maximum atomic E-state index is 4.50. The van der Waals surface area contributed by atoms with Crippen molar-refractivity contribution >= 4 is 0 Å². The third-order valence-corrected chi connectivity index (χ3v) is 4.29. The highest BCUT2D eigenvalue weighted by molar-refractivity contribution is 5.18. The Morgan fingerprint density at radius 3 is 2.38 bits per heavy atom. The second-order valence-electron chi connectivity index (χ2n) is 5.48. The molecule has 2 unspecified atom stereocenters. The van der Waals surface area contributed by atoms with Gasteiger partial charge in [0.1, 0.15) is 0 Å². The van der Waals surface area contributed by atoms with Crippen molar-refractivity contribution in [3.05, 3.63) is 60.2 Å². The van der Waals surface area contributed by atoms with Crippen LogP contribution in [0.25, 0.3) is 0 Å². The van der Waals surface area contributed by atoms with Crippen LogP contribution in [-0.4, -0.2) is 17.0 Å². The summed E-state index contributed by atoms with van der Waals surface area (Å²) in [6.45, 7) is 0. The summed E-state index contributed by atoms with van der Waals surface area (Å²) >= 11 is 0. The molecule has 21 heavy (non-hydrogen) atoms. The molecule has 2 atom stereocenters. The number of nitrogens with zero attached hydrogens (tertiary/aromatic N) is 2. The van der Waals surface area contributed by atoms with Gasteiger partial charge in [0.2, 0.25) is 0 Å². The van der Waals surface area contributed by atoms with E-state index in [1.54, 1.807) is 0 Å². The molecule has 2 N–H and O–H groups in total. The normalized spacial score (nSPS) is 20.1. The van der Waals surface area contributed by atoms with Gasteiger partial charge in [0, 0.05) is 24.8 Å². The Kier molecular flexibility index (Phi) is 6.35. The Bertz CT molecular complexity index is 498. The first-order chi connectivity index (χ1) is 10.4. The van der Waals surface area contributed by atoms with Crippen molar-refractivity contribution < 1.29 is 0 Å². The molecule has 1 aliphatic carbocycles. The van der Waals surface area contributed by atoms with Crippen LogP contribution in [0.15, 0.2) is 49.1 Å². The van der Waals surface area contributed by atoms with E-state index in [9.17, 15) is 0 Å². The average Bonchev–Trinajstić information content (AvgIpc) is 2.54. The highest BCUT2D eigenvalue weighted by Gasteiger charge is 2.31. The van der Waals surface area contributed by atoms with E-state index in [0.29, 0.717) is 0 Å². The van der Waals surface area contributed by atoms with E-state index >= 15 is 0 Å². The van der Waals surface area contributed by atoms with Gasteiger partial charge in [-0.2, -0.15) is 0 Å². The number of nitrogens with two attached hydrogens (primary N) is 1. The van der Waals surface area contributed by atoms with Gasteiger partial charge in [-0.15, -0.1) is 0 Å². The molecule has 2 aromatic rings. The van der Waals surface area contributed by atoms with Crippen molar-refractivity contribution in [1.29, 1.82) is 0 Å². The first-order valence-corrected chi connectivity index (χ1v) is 7.80. The Morgan fingerprint density at radius 2 is 1.81 bits per heavy atom. The lowest BCUT2D eigenvalue weighted by Gasteiger charge is -2.37. The molecule has 0 radical (unpaired) electrons. The number of rotatable bonds is 5. The fourth-order valence-electron chi connectivity index (χ4n) is 3.06. The summed E-state index contributed by atoms with van der Waals surface area (Å²) in [7, 11) is 1.50. The summed E-state index contributed by atoms with van der Waals surface area (Å²) in [6.07, 6.45) is 14.2. The molecule has 0 aliphatic heterocycles. The second-order valence-corrected chi connectivity index (χ2v) is 5.48. The minimum atomic E-state index is 0.752. The van der Waals surface area contributed by atoms with Gasteiger partial charge in [-0.3, -0.25) is 9.97 Å². The topological polar surface area (TPSA) is 51.8 Å². The van der Waals surface area contributed by atoms with Crippen LogP contribution in [0.2, 0.25) is 0 Å². The number of hydrogen-bond donors (Lipinski definition) is 1. The molecule has 0 spiro atoms. The molecule has 3 rings (SSSR count). The molecule has 0 saturated heterocycles. The highest BCUT2D eigenvalue weighted by atomic mass is 14.6. The van der Waals surface area contributed by atoms with Crippen LogP contribution >= 0.6 is 0 Å². The van der Waals surface area contributed by atoms with Gasteiger partial charge in [0.25, 0.3) is 0 Å². The highest BCUT2D eigenvalue weighted by Crippen LogP contribution is 2.44. The molecule has 0 bridgehead atoms. The summed E-state index contributed by atoms with van der Waals surface area (Å²) in [6, 6.07) is 8.48. The standard InChI is InChI=1S/C17H20N2.CH5N/c1(4-14-5-2-10-18-12-14)6-15-8-9-17(15)16-7-3-11-19-13-16;1-2/h2-3,5,7,10-13,15,17H,1,4,6,8-9H2;2H2,1H3. The van der Waals surface area contributed by atoms with E-state index in [1.807, 2.05) is 30.9 Å². The molecule has 1 saturated carbocycles. The molecule has 3 heteroatoms. The van der Waals surface area contributed by atoms with Crippen molar-refractivity contribution in [1.82, 2.24) is 9.97 Å². The third kappa shape index (κ3) is 4.36. The monoisotopic (exact) mass is 283 g/mol. The van der Waals surface area contributed by atoms with E-state index in [4.69, 9.17) is 0 Å². The van der Waals surface area contributed by atoms with Gasteiger partial charge < -0.3 is 5.73 Å². The SMILES string of the molecule is CN.c1cncc(CCCC2CCC2c2cccnc2)c1.